The van der Waals surface area contributed by atoms with Crippen LogP contribution in [-0.2, 0) is 4.52 Å². The molecule has 0 aliphatic carbocycles. The maximum atomic E-state index is 5.03. The second-order valence-electron chi connectivity index (χ2n) is 1.28. The van der Waals surface area contributed by atoms with Gasteiger partial charge >= 0.3 is 0 Å². The van der Waals surface area contributed by atoms with Crippen LogP contribution in [0.25, 0.3) is 0 Å². The molecule has 0 bridgehead atoms. The molecule has 0 amide bonds. The minimum Gasteiger partial charge on any atom is -0.356 e. The average Bonchev–Trinajstić information content (AvgIpc) is 1.35. The van der Waals surface area contributed by atoms with E-state index in [1.807, 2.05) is 13.8 Å². The van der Waals surface area contributed by atoms with E-state index in [4.69, 9.17) is 4.52 Å². The molecule has 0 fully saturated rings. The van der Waals surface area contributed by atoms with Gasteiger partial charge in [-0.1, -0.05) is 8.93 Å². The first-order valence-corrected chi connectivity index (χ1v) is 4.60. The smallest absolute Gasteiger partial charge is 0.0562 e. The Hall–Kier alpha value is 0.820. The van der Waals surface area contributed by atoms with Crippen molar-refractivity contribution >= 4 is 17.4 Å². The van der Waals surface area contributed by atoms with Crippen molar-refractivity contribution in [1.29, 1.82) is 0 Å². The zero-order chi connectivity index (χ0) is 4.99. The van der Waals surface area contributed by atoms with E-state index in [2.05, 4.69) is 8.93 Å². The lowest BCUT2D eigenvalue weighted by Crippen LogP contribution is -1.89. The van der Waals surface area contributed by atoms with Gasteiger partial charge in [0.25, 0.3) is 0 Å². The summed E-state index contributed by atoms with van der Waals surface area (Å²) in [4.78, 5) is 0. The van der Waals surface area contributed by atoms with Crippen molar-refractivity contribution in [3.05, 3.63) is 0 Å². The molecule has 0 aliphatic rings. The number of rotatable bonds is 2. The third kappa shape index (κ3) is 4.82. The largest absolute Gasteiger partial charge is 0.356 e. The lowest BCUT2D eigenvalue weighted by Gasteiger charge is -1.99. The first kappa shape index (κ1) is 6.82. The van der Waals surface area contributed by atoms with E-state index >= 15 is 0 Å². The number of hydrogen-bond donors (Lipinski definition) is 0. The Labute approximate surface area is 42.8 Å². The van der Waals surface area contributed by atoms with Crippen LogP contribution < -0.4 is 0 Å². The van der Waals surface area contributed by atoms with Crippen LogP contribution in [0, 0.1) is 0 Å². The van der Waals surface area contributed by atoms with E-state index in [9.17, 15) is 0 Å². The van der Waals surface area contributed by atoms with Crippen molar-refractivity contribution in [3.8, 4) is 0 Å². The zero-order valence-corrected chi connectivity index (χ0v) is 6.22. The van der Waals surface area contributed by atoms with Gasteiger partial charge in [0.15, 0.2) is 0 Å². The van der Waals surface area contributed by atoms with Gasteiger partial charge in [-0.15, -0.1) is 0 Å². The second kappa shape index (κ2) is 3.99. The summed E-state index contributed by atoms with van der Waals surface area (Å²) in [6, 6.07) is 0. The fourth-order valence-electron chi connectivity index (χ4n) is 0.136. The quantitative estimate of drug-likeness (QED) is 0.510. The molecule has 0 aromatic heterocycles. The Bertz CT molecular complexity index is 30.0. The molecule has 0 rings (SSSR count). The van der Waals surface area contributed by atoms with Crippen LogP contribution in [0.15, 0.2) is 0 Å². The fraction of sp³-hybridized carbons (Fsp3) is 1.00. The molecule has 0 aromatic carbocycles. The van der Waals surface area contributed by atoms with E-state index in [1.165, 1.54) is 0 Å². The molecule has 0 N–H and O–H groups in total. The molecular weight excluding hydrogens is 114 g/mol. The molecule has 0 saturated heterocycles. The normalized spacial score (nSPS) is 12.0. The van der Waals surface area contributed by atoms with E-state index in [1.54, 1.807) is 0 Å². The Balaban J connectivity index is 2.63. The van der Waals surface area contributed by atoms with E-state index < -0.39 is 0 Å². The van der Waals surface area contributed by atoms with Crippen molar-refractivity contribution in [2.75, 3.05) is 0 Å². The molecule has 0 heterocycles. The van der Waals surface area contributed by atoms with Crippen LogP contribution in [0.1, 0.15) is 13.8 Å². The summed E-state index contributed by atoms with van der Waals surface area (Å²) in [6.07, 6.45) is 0.390. The molecule has 0 saturated carbocycles. The molecule has 0 aliphatic heterocycles. The Morgan fingerprint density at radius 1 is 1.67 bits per heavy atom. The van der Waals surface area contributed by atoms with Gasteiger partial charge in [-0.25, -0.2) is 0 Å². The van der Waals surface area contributed by atoms with Crippen LogP contribution in [0.4, 0.5) is 0 Å². The molecular formula is C3H10OP2. The zero-order valence-electron chi connectivity index (χ0n) is 4.06. The minimum absolute atomic E-state index is 0.390. The third-order valence-electron chi connectivity index (χ3n) is 0.304. The molecule has 0 spiro atoms. The molecule has 2 atom stereocenters. The molecule has 3 heteroatoms. The van der Waals surface area contributed by atoms with Gasteiger partial charge in [0, 0.05) is 8.50 Å². The maximum Gasteiger partial charge on any atom is 0.0562 e. The van der Waals surface area contributed by atoms with Gasteiger partial charge in [-0.3, -0.25) is 0 Å². The second-order valence-corrected chi connectivity index (χ2v) is 2.46. The van der Waals surface area contributed by atoms with Crippen LogP contribution >= 0.6 is 17.4 Å². The van der Waals surface area contributed by atoms with Gasteiger partial charge < -0.3 is 4.52 Å². The van der Waals surface area contributed by atoms with E-state index in [0.717, 1.165) is 0 Å². The predicted octanol–water partition coefficient (Wildman–Crippen LogP) is 1.80. The third-order valence-corrected chi connectivity index (χ3v) is 1.32. The van der Waals surface area contributed by atoms with E-state index in [-0.39, 0.29) is 0 Å². The topological polar surface area (TPSA) is 9.23 Å². The summed E-state index contributed by atoms with van der Waals surface area (Å²) in [5.74, 6) is 0. The average molecular weight is 124 g/mol. The van der Waals surface area contributed by atoms with Gasteiger partial charge in [-0.2, -0.15) is 0 Å². The summed E-state index contributed by atoms with van der Waals surface area (Å²) >= 11 is 0. The first-order valence-electron chi connectivity index (χ1n) is 1.88. The van der Waals surface area contributed by atoms with Crippen molar-refractivity contribution < 1.29 is 4.52 Å². The first-order chi connectivity index (χ1) is 2.77. The highest BCUT2D eigenvalue weighted by Crippen LogP contribution is 2.22. The SMILES string of the molecule is CC(C)OPP. The fourth-order valence-corrected chi connectivity index (χ4v) is 1.22. The van der Waals surface area contributed by atoms with Gasteiger partial charge in [0.2, 0.25) is 0 Å². The van der Waals surface area contributed by atoms with Crippen LogP contribution in [0.5, 0.6) is 0 Å². The van der Waals surface area contributed by atoms with Gasteiger partial charge in [0.1, 0.15) is 0 Å². The standard InChI is InChI=1S/C3H10OP2/c1-3(2)4-6-5/h3,6H,5H2,1-2H3. The predicted molar refractivity (Wildman–Crippen MR) is 34.2 cm³/mol. The van der Waals surface area contributed by atoms with Crippen LogP contribution in [-0.4, -0.2) is 6.10 Å². The van der Waals surface area contributed by atoms with E-state index in [0.29, 0.717) is 14.6 Å². The van der Waals surface area contributed by atoms with Crippen LogP contribution in [0.2, 0.25) is 0 Å². The molecule has 0 aromatic rings. The van der Waals surface area contributed by atoms with Crippen molar-refractivity contribution in [2.45, 2.75) is 20.0 Å². The Morgan fingerprint density at radius 3 is 2.17 bits per heavy atom. The summed E-state index contributed by atoms with van der Waals surface area (Å²) in [7, 11) is 3.08. The Morgan fingerprint density at radius 2 is 2.17 bits per heavy atom. The lowest BCUT2D eigenvalue weighted by molar-refractivity contribution is 0.285. The van der Waals surface area contributed by atoms with Crippen molar-refractivity contribution in [1.82, 2.24) is 0 Å². The monoisotopic (exact) mass is 124 g/mol. The highest BCUT2D eigenvalue weighted by Gasteiger charge is 1.84. The molecule has 0 radical (unpaired) electrons. The molecule has 38 valence electrons. The van der Waals surface area contributed by atoms with Gasteiger partial charge in [-0.05, 0) is 13.8 Å². The van der Waals surface area contributed by atoms with Gasteiger partial charge in [0.05, 0.1) is 6.10 Å². The molecule has 2 unspecified atom stereocenters. The highest BCUT2D eigenvalue weighted by atomic mass is 32.0. The molecule has 6 heavy (non-hydrogen) atoms. The van der Waals surface area contributed by atoms with Crippen LogP contribution in [0.3, 0.4) is 0 Å². The number of hydrogen-bond acceptors (Lipinski definition) is 1. The Kier molecular flexibility index (Phi) is 4.54. The summed E-state index contributed by atoms with van der Waals surface area (Å²) in [5.41, 5.74) is 0. The minimum atomic E-state index is 0.390. The summed E-state index contributed by atoms with van der Waals surface area (Å²) < 4.78 is 5.03. The molecule has 1 nitrogen and oxygen atoms in total. The van der Waals surface area contributed by atoms with Crippen molar-refractivity contribution in [2.24, 2.45) is 0 Å². The maximum absolute atomic E-state index is 5.03. The summed E-state index contributed by atoms with van der Waals surface area (Å²) in [5, 5.41) is 0. The highest BCUT2D eigenvalue weighted by molar-refractivity contribution is 8.00. The summed E-state index contributed by atoms with van der Waals surface area (Å²) in [6.45, 7) is 4.05. The van der Waals surface area contributed by atoms with Crippen molar-refractivity contribution in [3.63, 3.8) is 0 Å². The lowest BCUT2D eigenvalue weighted by atomic mass is 10.5.